The minimum atomic E-state index is -1.31. The van der Waals surface area contributed by atoms with Crippen molar-refractivity contribution in [2.24, 2.45) is 28.1 Å². The van der Waals surface area contributed by atoms with Crippen LogP contribution in [-0.4, -0.2) is 88.0 Å². The van der Waals surface area contributed by atoms with E-state index in [0.717, 1.165) is 0 Å². The van der Waals surface area contributed by atoms with Gasteiger partial charge in [0, 0.05) is 19.5 Å². The predicted molar refractivity (Wildman–Crippen MR) is 126 cm³/mol. The van der Waals surface area contributed by atoms with Crippen molar-refractivity contribution in [2.75, 3.05) is 13.1 Å². The number of likely N-dealkylation sites (tertiary alicyclic amines) is 1. The molecule has 3 amide bonds. The molecule has 0 radical (unpaired) electrons. The van der Waals surface area contributed by atoms with Gasteiger partial charge in [-0.05, 0) is 38.0 Å². The monoisotopic (exact) mass is 499 g/mol. The Kier molecular flexibility index (Phi) is 11.9. The van der Waals surface area contributed by atoms with E-state index in [1.807, 2.05) is 0 Å². The van der Waals surface area contributed by atoms with Crippen molar-refractivity contribution in [1.82, 2.24) is 15.5 Å². The van der Waals surface area contributed by atoms with Crippen LogP contribution >= 0.6 is 0 Å². The zero-order valence-corrected chi connectivity index (χ0v) is 20.1. The van der Waals surface area contributed by atoms with Gasteiger partial charge < -0.3 is 42.9 Å². The molecule has 1 fully saturated rings. The number of amides is 3. The zero-order valence-electron chi connectivity index (χ0n) is 20.1. The van der Waals surface area contributed by atoms with Gasteiger partial charge in [0.05, 0.1) is 6.04 Å². The van der Waals surface area contributed by atoms with Gasteiger partial charge >= 0.3 is 11.9 Å². The summed E-state index contributed by atoms with van der Waals surface area (Å²) in [6, 6.07) is -4.25. The second-order valence-electron chi connectivity index (χ2n) is 8.80. The number of nitrogens with two attached hydrogens (primary N) is 3. The van der Waals surface area contributed by atoms with E-state index >= 15 is 0 Å². The second-order valence-corrected chi connectivity index (χ2v) is 8.80. The molecule has 0 bridgehead atoms. The molecule has 198 valence electrons. The van der Waals surface area contributed by atoms with Crippen molar-refractivity contribution in [3.8, 4) is 0 Å². The number of rotatable bonds is 14. The van der Waals surface area contributed by atoms with Crippen LogP contribution in [0.15, 0.2) is 4.99 Å². The maximum atomic E-state index is 13.0. The number of carbonyl (C=O) groups excluding carboxylic acids is 3. The molecule has 1 aliphatic heterocycles. The van der Waals surface area contributed by atoms with E-state index in [9.17, 15) is 29.1 Å². The fraction of sp³-hybridized carbons (Fsp3) is 0.714. The summed E-state index contributed by atoms with van der Waals surface area (Å²) in [7, 11) is 0. The van der Waals surface area contributed by atoms with E-state index in [4.69, 9.17) is 22.3 Å². The molecule has 1 saturated heterocycles. The van der Waals surface area contributed by atoms with Crippen molar-refractivity contribution in [1.29, 1.82) is 0 Å². The Morgan fingerprint density at radius 1 is 1.06 bits per heavy atom. The van der Waals surface area contributed by atoms with Gasteiger partial charge in [0.15, 0.2) is 5.96 Å². The van der Waals surface area contributed by atoms with E-state index in [0.29, 0.717) is 19.4 Å². The number of carbonyl (C=O) groups is 5. The SMILES string of the molecule is CC(C)C(N)C(=O)N1CCCC1C(=O)NC(CCC(=O)O)C(=O)NC(CCCN=C(N)N)C(=O)O. The van der Waals surface area contributed by atoms with Crippen LogP contribution in [0.5, 0.6) is 0 Å². The Bertz CT molecular complexity index is 814. The lowest BCUT2D eigenvalue weighted by Crippen LogP contribution is -2.57. The van der Waals surface area contributed by atoms with Crippen LogP contribution in [0.4, 0.5) is 0 Å². The third kappa shape index (κ3) is 9.76. The number of hydrogen-bond acceptors (Lipinski definition) is 7. The Balaban J connectivity index is 2.91. The summed E-state index contributed by atoms with van der Waals surface area (Å²) in [6.07, 6.45) is 0.493. The van der Waals surface area contributed by atoms with Gasteiger partial charge in [-0.2, -0.15) is 0 Å². The van der Waals surface area contributed by atoms with E-state index in [1.165, 1.54) is 4.90 Å². The highest BCUT2D eigenvalue weighted by Crippen LogP contribution is 2.20. The third-order valence-electron chi connectivity index (χ3n) is 5.68. The Morgan fingerprint density at radius 2 is 1.71 bits per heavy atom. The normalized spacial score (nSPS) is 17.8. The van der Waals surface area contributed by atoms with Gasteiger partial charge in [0.1, 0.15) is 18.1 Å². The summed E-state index contributed by atoms with van der Waals surface area (Å²) in [5.41, 5.74) is 16.4. The molecule has 10 N–H and O–H groups in total. The molecule has 1 aliphatic rings. The summed E-state index contributed by atoms with van der Waals surface area (Å²) in [6.45, 7) is 4.07. The fourth-order valence-corrected chi connectivity index (χ4v) is 3.62. The lowest BCUT2D eigenvalue weighted by Gasteiger charge is -2.29. The number of carboxylic acid groups (broad SMARTS) is 2. The highest BCUT2D eigenvalue weighted by Gasteiger charge is 2.38. The molecule has 35 heavy (non-hydrogen) atoms. The van der Waals surface area contributed by atoms with Crippen LogP contribution in [0.25, 0.3) is 0 Å². The molecule has 0 aromatic heterocycles. The molecule has 0 aromatic carbocycles. The molecule has 14 nitrogen and oxygen atoms in total. The van der Waals surface area contributed by atoms with Crippen molar-refractivity contribution in [3.63, 3.8) is 0 Å². The molecule has 0 spiro atoms. The number of carboxylic acids is 2. The number of nitrogens with one attached hydrogen (secondary N) is 2. The maximum absolute atomic E-state index is 13.0. The van der Waals surface area contributed by atoms with Crippen LogP contribution in [-0.2, 0) is 24.0 Å². The van der Waals surface area contributed by atoms with Crippen LogP contribution in [0.2, 0.25) is 0 Å². The topological polar surface area (TPSA) is 244 Å². The van der Waals surface area contributed by atoms with Crippen LogP contribution in [0.3, 0.4) is 0 Å². The maximum Gasteiger partial charge on any atom is 0.326 e. The summed E-state index contributed by atoms with van der Waals surface area (Å²) < 4.78 is 0. The first kappa shape index (κ1) is 29.6. The number of guanidine groups is 1. The van der Waals surface area contributed by atoms with Gasteiger partial charge in [-0.15, -0.1) is 0 Å². The summed E-state index contributed by atoms with van der Waals surface area (Å²) in [5.74, 6) is -4.63. The summed E-state index contributed by atoms with van der Waals surface area (Å²) in [4.78, 5) is 66.3. The Labute approximate surface area is 203 Å². The van der Waals surface area contributed by atoms with Crippen molar-refractivity contribution >= 4 is 35.6 Å². The molecule has 0 saturated carbocycles. The number of hydrogen-bond donors (Lipinski definition) is 7. The van der Waals surface area contributed by atoms with Gasteiger partial charge in [-0.1, -0.05) is 13.8 Å². The van der Waals surface area contributed by atoms with E-state index < -0.39 is 54.3 Å². The van der Waals surface area contributed by atoms with E-state index in [2.05, 4.69) is 15.6 Å². The molecule has 14 heteroatoms. The lowest BCUT2D eigenvalue weighted by atomic mass is 10.0. The molecule has 0 aliphatic carbocycles. The van der Waals surface area contributed by atoms with Crippen molar-refractivity contribution < 1.29 is 34.2 Å². The summed E-state index contributed by atoms with van der Waals surface area (Å²) in [5, 5.41) is 23.3. The number of aliphatic carboxylic acids is 2. The summed E-state index contributed by atoms with van der Waals surface area (Å²) >= 11 is 0. The average Bonchev–Trinajstić information content (AvgIpc) is 3.26. The van der Waals surface area contributed by atoms with Gasteiger partial charge in [0.2, 0.25) is 17.7 Å². The van der Waals surface area contributed by atoms with E-state index in [1.54, 1.807) is 13.8 Å². The number of nitrogens with zero attached hydrogens (tertiary/aromatic N) is 2. The van der Waals surface area contributed by atoms with Gasteiger partial charge in [-0.3, -0.25) is 24.2 Å². The largest absolute Gasteiger partial charge is 0.481 e. The minimum absolute atomic E-state index is 0.00937. The molecular formula is C21H37N7O7. The van der Waals surface area contributed by atoms with Crippen molar-refractivity contribution in [2.45, 2.75) is 76.5 Å². The fourth-order valence-electron chi connectivity index (χ4n) is 3.62. The highest BCUT2D eigenvalue weighted by atomic mass is 16.4. The van der Waals surface area contributed by atoms with Gasteiger partial charge in [0.25, 0.3) is 0 Å². The first-order chi connectivity index (χ1) is 16.3. The number of aliphatic imine (C=N–C) groups is 1. The third-order valence-corrected chi connectivity index (χ3v) is 5.68. The standard InChI is InChI=1S/C21H37N7O7/c1-11(2)16(22)19(33)28-10-4-6-14(28)18(32)26-12(7-8-15(29)30)17(31)27-13(20(34)35)5-3-9-25-21(23)24/h11-14,16H,3-10,22H2,1-2H3,(H,26,32)(H,27,31)(H,29,30)(H,34,35)(H4,23,24,25). The lowest BCUT2D eigenvalue weighted by molar-refractivity contribution is -0.144. The Hall–Kier alpha value is -3.42. The quantitative estimate of drug-likeness (QED) is 0.0781. The smallest absolute Gasteiger partial charge is 0.326 e. The minimum Gasteiger partial charge on any atom is -0.481 e. The molecule has 4 unspecified atom stereocenters. The van der Waals surface area contributed by atoms with Crippen molar-refractivity contribution in [3.05, 3.63) is 0 Å². The van der Waals surface area contributed by atoms with E-state index in [-0.39, 0.29) is 43.6 Å². The van der Waals surface area contributed by atoms with Crippen LogP contribution in [0, 0.1) is 5.92 Å². The first-order valence-electron chi connectivity index (χ1n) is 11.5. The second kappa shape index (κ2) is 14.1. The molecular weight excluding hydrogens is 462 g/mol. The highest BCUT2D eigenvalue weighted by molar-refractivity contribution is 5.94. The van der Waals surface area contributed by atoms with Crippen LogP contribution in [0.1, 0.15) is 52.4 Å². The zero-order chi connectivity index (χ0) is 26.7. The molecule has 1 heterocycles. The predicted octanol–water partition coefficient (Wildman–Crippen LogP) is -2.07. The molecule has 4 atom stereocenters. The average molecular weight is 500 g/mol. The van der Waals surface area contributed by atoms with Gasteiger partial charge in [-0.25, -0.2) is 4.79 Å². The van der Waals surface area contributed by atoms with Crippen LogP contribution < -0.4 is 27.8 Å². The molecule has 0 aromatic rings. The Morgan fingerprint density at radius 3 is 2.26 bits per heavy atom. The first-order valence-corrected chi connectivity index (χ1v) is 11.5. The molecule has 1 rings (SSSR count).